The standard InChI is InChI=1S/C12H20N4/c1-4-16(11-5-6-13-8-11)12-7-9(2)14-10(3)15-12/h7,11,13H,4-6,8H2,1-3H3. The summed E-state index contributed by atoms with van der Waals surface area (Å²) >= 11 is 0. The monoisotopic (exact) mass is 220 g/mol. The van der Waals surface area contributed by atoms with E-state index in [1.807, 2.05) is 13.8 Å². The van der Waals surface area contributed by atoms with Gasteiger partial charge in [0.1, 0.15) is 11.6 Å². The molecule has 1 atom stereocenters. The van der Waals surface area contributed by atoms with Crippen LogP contribution in [0.25, 0.3) is 0 Å². The zero-order valence-corrected chi connectivity index (χ0v) is 10.3. The third kappa shape index (κ3) is 2.32. The number of anilines is 1. The highest BCUT2D eigenvalue weighted by molar-refractivity contribution is 5.41. The fraction of sp³-hybridized carbons (Fsp3) is 0.667. The fourth-order valence-electron chi connectivity index (χ4n) is 2.36. The summed E-state index contributed by atoms with van der Waals surface area (Å²) in [6.07, 6.45) is 1.20. The molecule has 0 aromatic carbocycles. The van der Waals surface area contributed by atoms with Crippen LogP contribution in [0.1, 0.15) is 24.9 Å². The Morgan fingerprint density at radius 1 is 1.44 bits per heavy atom. The number of rotatable bonds is 3. The van der Waals surface area contributed by atoms with Crippen molar-refractivity contribution in [3.05, 3.63) is 17.6 Å². The number of nitrogens with zero attached hydrogens (tertiary/aromatic N) is 3. The first-order valence-corrected chi connectivity index (χ1v) is 6.00. The normalized spacial score (nSPS) is 20.1. The van der Waals surface area contributed by atoms with Crippen LogP contribution in [0.15, 0.2) is 6.07 Å². The highest BCUT2D eigenvalue weighted by Crippen LogP contribution is 2.18. The molecule has 1 saturated heterocycles. The van der Waals surface area contributed by atoms with Gasteiger partial charge in [-0.3, -0.25) is 0 Å². The van der Waals surface area contributed by atoms with Gasteiger partial charge in [-0.05, 0) is 33.7 Å². The Morgan fingerprint density at radius 3 is 2.81 bits per heavy atom. The first kappa shape index (κ1) is 11.3. The quantitative estimate of drug-likeness (QED) is 0.833. The van der Waals surface area contributed by atoms with Gasteiger partial charge in [-0.2, -0.15) is 0 Å². The van der Waals surface area contributed by atoms with E-state index in [4.69, 9.17) is 0 Å². The molecular formula is C12H20N4. The number of aryl methyl sites for hydroxylation is 2. The highest BCUT2D eigenvalue weighted by Gasteiger charge is 2.22. The SMILES string of the molecule is CCN(c1cc(C)nc(C)n1)C1CCNC1. The van der Waals surface area contributed by atoms with Crippen LogP contribution in [0, 0.1) is 13.8 Å². The average Bonchev–Trinajstić information content (AvgIpc) is 2.70. The molecule has 1 fully saturated rings. The second kappa shape index (κ2) is 4.78. The Balaban J connectivity index is 2.24. The maximum absolute atomic E-state index is 4.54. The molecule has 0 aliphatic carbocycles. The Morgan fingerprint density at radius 2 is 2.25 bits per heavy atom. The van der Waals surface area contributed by atoms with E-state index in [0.29, 0.717) is 6.04 Å². The lowest BCUT2D eigenvalue weighted by Crippen LogP contribution is -2.37. The minimum Gasteiger partial charge on any atom is -0.352 e. The lowest BCUT2D eigenvalue weighted by molar-refractivity contribution is 0.637. The second-order valence-electron chi connectivity index (χ2n) is 4.35. The molecule has 1 aliphatic rings. The molecule has 88 valence electrons. The Kier molecular flexibility index (Phi) is 3.39. The lowest BCUT2D eigenvalue weighted by atomic mass is 10.2. The lowest BCUT2D eigenvalue weighted by Gasteiger charge is -2.28. The first-order chi connectivity index (χ1) is 7.70. The van der Waals surface area contributed by atoms with E-state index in [0.717, 1.165) is 37.0 Å². The van der Waals surface area contributed by atoms with Gasteiger partial charge in [0.05, 0.1) is 0 Å². The molecule has 0 amide bonds. The topological polar surface area (TPSA) is 41.1 Å². The van der Waals surface area contributed by atoms with Gasteiger partial charge in [-0.15, -0.1) is 0 Å². The Bertz CT molecular complexity index is 338. The summed E-state index contributed by atoms with van der Waals surface area (Å²) in [4.78, 5) is 11.2. The van der Waals surface area contributed by atoms with Crippen molar-refractivity contribution in [3.8, 4) is 0 Å². The van der Waals surface area contributed by atoms with Crippen LogP contribution >= 0.6 is 0 Å². The fourth-order valence-corrected chi connectivity index (χ4v) is 2.36. The molecule has 4 nitrogen and oxygen atoms in total. The molecule has 0 radical (unpaired) electrons. The minimum atomic E-state index is 0.582. The van der Waals surface area contributed by atoms with Gasteiger partial charge >= 0.3 is 0 Å². The summed E-state index contributed by atoms with van der Waals surface area (Å²) < 4.78 is 0. The maximum Gasteiger partial charge on any atom is 0.132 e. The van der Waals surface area contributed by atoms with Gasteiger partial charge in [0, 0.05) is 30.9 Å². The van der Waals surface area contributed by atoms with Crippen molar-refractivity contribution in [3.63, 3.8) is 0 Å². The highest BCUT2D eigenvalue weighted by atomic mass is 15.2. The molecule has 1 aliphatic heterocycles. The molecule has 0 spiro atoms. The maximum atomic E-state index is 4.54. The smallest absolute Gasteiger partial charge is 0.132 e. The largest absolute Gasteiger partial charge is 0.352 e. The van der Waals surface area contributed by atoms with E-state index in [9.17, 15) is 0 Å². The van der Waals surface area contributed by atoms with Gasteiger partial charge < -0.3 is 10.2 Å². The van der Waals surface area contributed by atoms with Crippen LogP contribution in [-0.2, 0) is 0 Å². The van der Waals surface area contributed by atoms with Crippen LogP contribution in [0.3, 0.4) is 0 Å². The summed E-state index contributed by atoms with van der Waals surface area (Å²) in [6, 6.07) is 2.66. The third-order valence-corrected chi connectivity index (χ3v) is 3.06. The van der Waals surface area contributed by atoms with Crippen molar-refractivity contribution in [2.75, 3.05) is 24.5 Å². The number of nitrogens with one attached hydrogen (secondary N) is 1. The van der Waals surface area contributed by atoms with Gasteiger partial charge in [-0.25, -0.2) is 9.97 Å². The van der Waals surface area contributed by atoms with Gasteiger partial charge in [0.2, 0.25) is 0 Å². The predicted molar refractivity (Wildman–Crippen MR) is 65.8 cm³/mol. The Hall–Kier alpha value is -1.16. The van der Waals surface area contributed by atoms with Crippen molar-refractivity contribution in [1.82, 2.24) is 15.3 Å². The van der Waals surface area contributed by atoms with Gasteiger partial charge in [0.15, 0.2) is 0 Å². The van der Waals surface area contributed by atoms with E-state index >= 15 is 0 Å². The summed E-state index contributed by atoms with van der Waals surface area (Å²) in [7, 11) is 0. The molecule has 2 rings (SSSR count). The average molecular weight is 220 g/mol. The van der Waals surface area contributed by atoms with E-state index in [-0.39, 0.29) is 0 Å². The number of aromatic nitrogens is 2. The molecule has 0 saturated carbocycles. The summed E-state index contributed by atoms with van der Waals surface area (Å²) in [6.45, 7) is 9.35. The van der Waals surface area contributed by atoms with Crippen LogP contribution in [-0.4, -0.2) is 35.6 Å². The number of likely N-dealkylation sites (N-methyl/N-ethyl adjacent to an activating group) is 1. The van der Waals surface area contributed by atoms with E-state index in [1.165, 1.54) is 6.42 Å². The van der Waals surface area contributed by atoms with Crippen molar-refractivity contribution in [2.45, 2.75) is 33.2 Å². The van der Waals surface area contributed by atoms with Gasteiger partial charge in [0.25, 0.3) is 0 Å². The Labute approximate surface area is 97.1 Å². The molecule has 2 heterocycles. The second-order valence-corrected chi connectivity index (χ2v) is 4.35. The molecule has 1 aromatic rings. The summed E-state index contributed by atoms with van der Waals surface area (Å²) in [5.41, 5.74) is 1.05. The van der Waals surface area contributed by atoms with Crippen molar-refractivity contribution in [1.29, 1.82) is 0 Å². The predicted octanol–water partition coefficient (Wildman–Crippen LogP) is 1.28. The zero-order valence-electron chi connectivity index (χ0n) is 10.3. The van der Waals surface area contributed by atoms with E-state index in [2.05, 4.69) is 33.2 Å². The third-order valence-electron chi connectivity index (χ3n) is 3.06. The van der Waals surface area contributed by atoms with Crippen molar-refractivity contribution >= 4 is 5.82 Å². The molecule has 16 heavy (non-hydrogen) atoms. The molecule has 0 bridgehead atoms. The zero-order chi connectivity index (χ0) is 11.5. The molecule has 4 heteroatoms. The molecule has 1 unspecified atom stereocenters. The summed E-state index contributed by atoms with van der Waals surface area (Å²) in [5, 5.41) is 3.40. The van der Waals surface area contributed by atoms with E-state index in [1.54, 1.807) is 0 Å². The van der Waals surface area contributed by atoms with Crippen molar-refractivity contribution in [2.24, 2.45) is 0 Å². The van der Waals surface area contributed by atoms with Crippen LogP contribution < -0.4 is 10.2 Å². The van der Waals surface area contributed by atoms with Crippen LogP contribution in [0.2, 0.25) is 0 Å². The van der Waals surface area contributed by atoms with Crippen LogP contribution in [0.4, 0.5) is 5.82 Å². The van der Waals surface area contributed by atoms with Crippen LogP contribution in [0.5, 0.6) is 0 Å². The molecule has 1 aromatic heterocycles. The van der Waals surface area contributed by atoms with Crippen molar-refractivity contribution < 1.29 is 0 Å². The number of hydrogen-bond acceptors (Lipinski definition) is 4. The number of hydrogen-bond donors (Lipinski definition) is 1. The van der Waals surface area contributed by atoms with E-state index < -0.39 is 0 Å². The minimum absolute atomic E-state index is 0.582. The summed E-state index contributed by atoms with van der Waals surface area (Å²) in [5.74, 6) is 1.93. The molecular weight excluding hydrogens is 200 g/mol. The first-order valence-electron chi connectivity index (χ1n) is 6.00. The van der Waals surface area contributed by atoms with Gasteiger partial charge in [-0.1, -0.05) is 0 Å². The molecule has 1 N–H and O–H groups in total.